The van der Waals surface area contributed by atoms with Gasteiger partial charge in [0, 0.05) is 4.43 Å². The van der Waals surface area contributed by atoms with Crippen molar-refractivity contribution in [1.82, 2.24) is 0 Å². The lowest BCUT2D eigenvalue weighted by molar-refractivity contribution is -0.135. The minimum Gasteiger partial charge on any atom is -0.480 e. The van der Waals surface area contributed by atoms with E-state index in [-0.39, 0.29) is 0 Å². The first-order valence-electron chi connectivity index (χ1n) is 2.20. The van der Waals surface area contributed by atoms with Gasteiger partial charge < -0.3 is 5.11 Å². The SMILES string of the molecule is C=C(CI)C(I)C(=O)O. The fraction of sp³-hybridized carbons (Fsp3) is 0.400. The summed E-state index contributed by atoms with van der Waals surface area (Å²) in [6.45, 7) is 3.60. The van der Waals surface area contributed by atoms with Crippen LogP contribution in [-0.2, 0) is 4.79 Å². The Balaban J connectivity index is 3.88. The molecule has 0 amide bonds. The molecule has 0 aliphatic heterocycles. The Bertz CT molecular complexity index is 133. The van der Waals surface area contributed by atoms with Crippen LogP contribution in [0, 0.1) is 0 Å². The van der Waals surface area contributed by atoms with Crippen molar-refractivity contribution < 1.29 is 9.90 Å². The molecule has 0 rings (SSSR count). The smallest absolute Gasteiger partial charge is 0.320 e. The summed E-state index contributed by atoms with van der Waals surface area (Å²) in [5.41, 5.74) is 0.753. The van der Waals surface area contributed by atoms with Crippen LogP contribution in [0.2, 0.25) is 0 Å². The first-order valence-corrected chi connectivity index (χ1v) is 4.97. The summed E-state index contributed by atoms with van der Waals surface area (Å²) in [6, 6.07) is 0. The standard InChI is InChI=1S/C5H6I2O2/c1-3(2-6)4(7)5(8)9/h4H,1-2H2,(H,8,9). The number of aliphatic carboxylic acids is 1. The van der Waals surface area contributed by atoms with E-state index < -0.39 is 9.89 Å². The normalized spacial score (nSPS) is 12.7. The number of rotatable bonds is 3. The van der Waals surface area contributed by atoms with Crippen molar-refractivity contribution in [2.45, 2.75) is 3.92 Å². The van der Waals surface area contributed by atoms with Crippen LogP contribution in [0.4, 0.5) is 0 Å². The van der Waals surface area contributed by atoms with Gasteiger partial charge in [-0.15, -0.1) is 0 Å². The molecule has 0 aromatic rings. The Morgan fingerprint density at radius 3 is 2.33 bits per heavy atom. The second-order valence-corrected chi connectivity index (χ2v) is 3.50. The van der Waals surface area contributed by atoms with E-state index in [4.69, 9.17) is 5.11 Å². The number of carboxylic acid groups (broad SMARTS) is 1. The lowest BCUT2D eigenvalue weighted by Crippen LogP contribution is -2.14. The van der Waals surface area contributed by atoms with E-state index in [1.54, 1.807) is 0 Å². The van der Waals surface area contributed by atoms with Crippen molar-refractivity contribution in [3.05, 3.63) is 12.2 Å². The van der Waals surface area contributed by atoms with Crippen LogP contribution in [0.5, 0.6) is 0 Å². The van der Waals surface area contributed by atoms with E-state index in [9.17, 15) is 4.79 Å². The van der Waals surface area contributed by atoms with Crippen LogP contribution in [0.3, 0.4) is 0 Å². The molecule has 0 saturated heterocycles. The molecule has 0 fully saturated rings. The molecule has 2 nitrogen and oxygen atoms in total. The third kappa shape index (κ3) is 3.39. The van der Waals surface area contributed by atoms with Gasteiger partial charge in [-0.1, -0.05) is 51.8 Å². The minimum absolute atomic E-state index is 0.431. The number of carbonyl (C=O) groups is 1. The molecule has 1 unspecified atom stereocenters. The summed E-state index contributed by atoms with van der Waals surface area (Å²) in [6.07, 6.45) is 0. The zero-order chi connectivity index (χ0) is 7.44. The fourth-order valence-corrected chi connectivity index (χ4v) is 1.75. The maximum Gasteiger partial charge on any atom is 0.320 e. The second kappa shape index (κ2) is 4.48. The molecule has 1 atom stereocenters. The van der Waals surface area contributed by atoms with Gasteiger partial charge in [0.1, 0.15) is 3.92 Å². The maximum atomic E-state index is 10.2. The highest BCUT2D eigenvalue weighted by molar-refractivity contribution is 14.1. The highest BCUT2D eigenvalue weighted by Gasteiger charge is 2.14. The number of carboxylic acids is 1. The van der Waals surface area contributed by atoms with Gasteiger partial charge in [-0.2, -0.15) is 0 Å². The molecule has 52 valence electrons. The summed E-state index contributed by atoms with van der Waals surface area (Å²) in [4.78, 5) is 10.2. The monoisotopic (exact) mass is 352 g/mol. The Morgan fingerprint density at radius 2 is 2.22 bits per heavy atom. The van der Waals surface area contributed by atoms with Gasteiger partial charge in [-0.3, -0.25) is 4.79 Å². The van der Waals surface area contributed by atoms with Gasteiger partial charge in [0.05, 0.1) is 0 Å². The molecular formula is C5H6I2O2. The number of hydrogen-bond acceptors (Lipinski definition) is 1. The Kier molecular flexibility index (Phi) is 4.81. The molecule has 0 radical (unpaired) electrons. The maximum absolute atomic E-state index is 10.2. The van der Waals surface area contributed by atoms with Crippen molar-refractivity contribution in [3.8, 4) is 0 Å². The highest BCUT2D eigenvalue weighted by atomic mass is 127. The number of hydrogen-bond donors (Lipinski definition) is 1. The zero-order valence-corrected chi connectivity index (χ0v) is 8.92. The topological polar surface area (TPSA) is 37.3 Å². The van der Waals surface area contributed by atoms with Gasteiger partial charge in [-0.25, -0.2) is 0 Å². The van der Waals surface area contributed by atoms with Crippen LogP contribution in [-0.4, -0.2) is 19.4 Å². The van der Waals surface area contributed by atoms with Gasteiger partial charge in [-0.05, 0) is 5.57 Å². The summed E-state index contributed by atoms with van der Waals surface area (Å²) in [5.74, 6) is -0.808. The third-order valence-corrected chi connectivity index (χ3v) is 3.14. The molecule has 0 heterocycles. The summed E-state index contributed by atoms with van der Waals surface area (Å²) in [5, 5.41) is 8.41. The van der Waals surface area contributed by atoms with Crippen LogP contribution in [0.1, 0.15) is 0 Å². The Labute approximate surface area is 81.0 Å². The molecule has 4 heteroatoms. The summed E-state index contributed by atoms with van der Waals surface area (Å²) < 4.78 is 0.275. The van der Waals surface area contributed by atoms with Gasteiger partial charge in [0.15, 0.2) is 0 Å². The molecular weight excluding hydrogens is 346 g/mol. The quantitative estimate of drug-likeness (QED) is 0.479. The lowest BCUT2D eigenvalue weighted by atomic mass is 10.2. The Hall–Kier alpha value is 0.670. The third-order valence-electron chi connectivity index (χ3n) is 0.747. The van der Waals surface area contributed by atoms with Crippen molar-refractivity contribution >= 4 is 51.2 Å². The first-order chi connectivity index (χ1) is 4.09. The molecule has 1 N–H and O–H groups in total. The van der Waals surface area contributed by atoms with Crippen molar-refractivity contribution in [2.24, 2.45) is 0 Å². The predicted molar refractivity (Wildman–Crippen MR) is 53.5 cm³/mol. The zero-order valence-electron chi connectivity index (χ0n) is 4.60. The summed E-state index contributed by atoms with van der Waals surface area (Å²) >= 11 is 3.95. The largest absolute Gasteiger partial charge is 0.480 e. The van der Waals surface area contributed by atoms with E-state index in [1.165, 1.54) is 0 Å². The predicted octanol–water partition coefficient (Wildman–Crippen LogP) is 1.87. The molecule has 0 saturated carbocycles. The van der Waals surface area contributed by atoms with Crippen LogP contribution in [0.25, 0.3) is 0 Å². The first kappa shape index (κ1) is 9.67. The molecule has 0 aliphatic rings. The van der Waals surface area contributed by atoms with Crippen molar-refractivity contribution in [1.29, 1.82) is 0 Å². The fourth-order valence-electron chi connectivity index (χ4n) is 0.242. The molecule has 0 aliphatic carbocycles. The van der Waals surface area contributed by atoms with E-state index in [0.717, 1.165) is 5.57 Å². The highest BCUT2D eigenvalue weighted by Crippen LogP contribution is 2.13. The molecule has 9 heavy (non-hydrogen) atoms. The van der Waals surface area contributed by atoms with Gasteiger partial charge in [0.25, 0.3) is 0 Å². The van der Waals surface area contributed by atoms with E-state index in [1.807, 2.05) is 22.6 Å². The molecule has 0 aromatic heterocycles. The van der Waals surface area contributed by atoms with Crippen molar-refractivity contribution in [2.75, 3.05) is 4.43 Å². The van der Waals surface area contributed by atoms with Crippen LogP contribution >= 0.6 is 45.2 Å². The van der Waals surface area contributed by atoms with E-state index in [2.05, 4.69) is 29.2 Å². The second-order valence-electron chi connectivity index (χ2n) is 1.49. The minimum atomic E-state index is -0.808. The van der Waals surface area contributed by atoms with E-state index in [0.29, 0.717) is 4.43 Å². The van der Waals surface area contributed by atoms with E-state index >= 15 is 0 Å². The summed E-state index contributed by atoms with van der Waals surface area (Å²) in [7, 11) is 0. The number of halogens is 2. The lowest BCUT2D eigenvalue weighted by Gasteiger charge is -2.02. The molecule has 0 spiro atoms. The van der Waals surface area contributed by atoms with Gasteiger partial charge >= 0.3 is 5.97 Å². The van der Waals surface area contributed by atoms with Gasteiger partial charge in [0.2, 0.25) is 0 Å². The van der Waals surface area contributed by atoms with Crippen LogP contribution < -0.4 is 0 Å². The Morgan fingerprint density at radius 1 is 1.78 bits per heavy atom. The van der Waals surface area contributed by atoms with Crippen LogP contribution in [0.15, 0.2) is 12.2 Å². The molecule has 0 bridgehead atoms. The number of alkyl halides is 2. The average molecular weight is 352 g/mol. The van der Waals surface area contributed by atoms with Crippen molar-refractivity contribution in [3.63, 3.8) is 0 Å². The molecule has 0 aromatic carbocycles. The average Bonchev–Trinajstić information content (AvgIpc) is 1.84.